The van der Waals surface area contributed by atoms with Crippen molar-refractivity contribution in [1.82, 2.24) is 9.88 Å². The monoisotopic (exact) mass is 401 g/mol. The fourth-order valence-corrected chi connectivity index (χ4v) is 3.07. The second-order valence-electron chi connectivity index (χ2n) is 4.47. The average Bonchev–Trinajstić information content (AvgIpc) is 2.73. The topological polar surface area (TPSA) is 94.2 Å². The number of carbonyl (C=O) groups is 2. The Labute approximate surface area is 141 Å². The Morgan fingerprint density at radius 1 is 1.09 bits per heavy atom. The van der Waals surface area contributed by atoms with E-state index in [0.717, 1.165) is 10.6 Å². The van der Waals surface area contributed by atoms with E-state index in [-0.39, 0.29) is 32.7 Å². The number of carbonyl (C=O) groups excluding carboxylic acids is 2. The van der Waals surface area contributed by atoms with Crippen LogP contribution in [0.4, 0.5) is 5.82 Å². The number of fused-ring (bicyclic) bond motifs is 1. The van der Waals surface area contributed by atoms with Crippen LogP contribution < -0.4 is 16.6 Å². The molecule has 2 amide bonds. The summed E-state index contributed by atoms with van der Waals surface area (Å²) < 4.78 is 1.58. The summed E-state index contributed by atoms with van der Waals surface area (Å²) in [5, 5.41) is 2.38. The maximum absolute atomic E-state index is 12.3. The number of nitrogen functional groups attached to an aromatic ring is 1. The van der Waals surface area contributed by atoms with Gasteiger partial charge in [0.25, 0.3) is 17.4 Å². The quantitative estimate of drug-likeness (QED) is 0.565. The van der Waals surface area contributed by atoms with Gasteiger partial charge in [0.2, 0.25) is 0 Å². The number of amides is 2. The molecule has 1 aromatic carbocycles. The summed E-state index contributed by atoms with van der Waals surface area (Å²) >= 11 is 15.4. The van der Waals surface area contributed by atoms with Gasteiger partial charge in [0.1, 0.15) is 5.82 Å². The van der Waals surface area contributed by atoms with Gasteiger partial charge in [-0.15, -0.1) is 0 Å². The molecule has 0 radical (unpaired) electrons. The second-order valence-corrected chi connectivity index (χ2v) is 6.08. The maximum Gasteiger partial charge on any atom is 0.262 e. The van der Waals surface area contributed by atoms with Gasteiger partial charge in [0.05, 0.1) is 26.9 Å². The van der Waals surface area contributed by atoms with Gasteiger partial charge >= 0.3 is 0 Å². The summed E-state index contributed by atoms with van der Waals surface area (Å²) in [7, 11) is 0. The molecule has 3 rings (SSSR count). The number of nitrogens with two attached hydrogens (primary N) is 1. The highest BCUT2D eigenvalue weighted by atomic mass is 79.9. The van der Waals surface area contributed by atoms with Crippen LogP contribution in [0.1, 0.15) is 20.7 Å². The highest BCUT2D eigenvalue weighted by Crippen LogP contribution is 2.35. The van der Waals surface area contributed by atoms with E-state index in [4.69, 9.17) is 28.9 Å². The molecule has 2 aromatic rings. The predicted molar refractivity (Wildman–Crippen MR) is 86.0 cm³/mol. The lowest BCUT2D eigenvalue weighted by Crippen LogP contribution is -2.24. The molecule has 6 nitrogen and oxygen atoms in total. The van der Waals surface area contributed by atoms with Crippen molar-refractivity contribution in [1.29, 1.82) is 0 Å². The number of halogens is 3. The fourth-order valence-electron chi connectivity index (χ4n) is 2.22. The first-order chi connectivity index (χ1) is 10.3. The molecular weight excluding hydrogens is 397 g/mol. The van der Waals surface area contributed by atoms with E-state index in [1.54, 1.807) is 6.07 Å². The lowest BCUT2D eigenvalue weighted by molar-refractivity contribution is 0.0880. The van der Waals surface area contributed by atoms with Crippen LogP contribution in [-0.4, -0.2) is 16.4 Å². The number of nitrogens with zero attached hydrogens (tertiary/aromatic N) is 1. The van der Waals surface area contributed by atoms with Gasteiger partial charge in [-0.2, -0.15) is 0 Å². The van der Waals surface area contributed by atoms with E-state index in [2.05, 4.69) is 21.2 Å². The Morgan fingerprint density at radius 3 is 2.45 bits per heavy atom. The third-order valence-electron chi connectivity index (χ3n) is 3.21. The first-order valence-corrected chi connectivity index (χ1v) is 7.43. The van der Waals surface area contributed by atoms with Crippen LogP contribution in [0.2, 0.25) is 10.0 Å². The highest BCUT2D eigenvalue weighted by Gasteiger charge is 2.32. The normalized spacial score (nSPS) is 13.2. The molecule has 0 atom stereocenters. The fraction of sp³-hybridized carbons (Fsp3) is 0. The zero-order chi connectivity index (χ0) is 16.2. The summed E-state index contributed by atoms with van der Waals surface area (Å²) in [6.45, 7) is 0. The van der Waals surface area contributed by atoms with E-state index < -0.39 is 17.4 Å². The maximum atomic E-state index is 12.3. The van der Waals surface area contributed by atoms with Crippen LogP contribution in [0.15, 0.2) is 27.5 Å². The number of aromatic nitrogens is 1. The smallest absolute Gasteiger partial charge is 0.262 e. The molecule has 0 saturated carbocycles. The molecule has 0 unspecified atom stereocenters. The van der Waals surface area contributed by atoms with Crippen molar-refractivity contribution in [3.05, 3.63) is 54.2 Å². The van der Waals surface area contributed by atoms with E-state index in [9.17, 15) is 14.4 Å². The molecule has 0 aliphatic carbocycles. The molecular formula is C13H6BrCl2N3O3. The van der Waals surface area contributed by atoms with Crippen LogP contribution in [0.25, 0.3) is 5.69 Å². The number of benzene rings is 1. The number of imide groups is 1. The third-order valence-corrected chi connectivity index (χ3v) is 4.97. The minimum Gasteiger partial charge on any atom is -0.384 e. The van der Waals surface area contributed by atoms with E-state index in [1.807, 2.05) is 0 Å². The highest BCUT2D eigenvalue weighted by molar-refractivity contribution is 9.10. The summed E-state index contributed by atoms with van der Waals surface area (Å²) in [5.74, 6) is -1.49. The zero-order valence-corrected chi connectivity index (χ0v) is 13.7. The predicted octanol–water partition coefficient (Wildman–Crippen LogP) is 2.37. The van der Waals surface area contributed by atoms with Crippen molar-refractivity contribution in [3.8, 4) is 5.69 Å². The molecule has 112 valence electrons. The molecule has 0 fully saturated rings. The molecule has 0 saturated heterocycles. The molecule has 0 bridgehead atoms. The number of nitrogens with one attached hydrogen (secondary N) is 1. The Hall–Kier alpha value is -1.83. The standard InChI is InChI=1S/C13H6BrCl2N3O3/c14-5-1-2-6(10(16)9(5)15)19-7(20)3-4-8(11(19)17)13(22)18-12(4)21/h1-3H,17H2,(H,18,21,22). The Balaban J connectivity index is 2.38. The van der Waals surface area contributed by atoms with Gasteiger partial charge in [0.15, 0.2) is 0 Å². The lowest BCUT2D eigenvalue weighted by Gasteiger charge is -2.14. The minimum absolute atomic E-state index is 0.0527. The van der Waals surface area contributed by atoms with Gasteiger partial charge in [-0.05, 0) is 28.1 Å². The summed E-state index contributed by atoms with van der Waals surface area (Å²) in [5.41, 5.74) is 5.42. The van der Waals surface area contributed by atoms with Gasteiger partial charge < -0.3 is 5.73 Å². The van der Waals surface area contributed by atoms with Crippen molar-refractivity contribution in [2.24, 2.45) is 0 Å². The Morgan fingerprint density at radius 2 is 1.77 bits per heavy atom. The van der Waals surface area contributed by atoms with E-state index >= 15 is 0 Å². The first kappa shape index (κ1) is 15.1. The van der Waals surface area contributed by atoms with Crippen molar-refractivity contribution in [2.45, 2.75) is 0 Å². The third kappa shape index (κ3) is 2.05. The molecule has 1 aliphatic heterocycles. The van der Waals surface area contributed by atoms with Crippen molar-refractivity contribution in [3.63, 3.8) is 0 Å². The lowest BCUT2D eigenvalue weighted by atomic mass is 10.1. The van der Waals surface area contributed by atoms with Crippen LogP contribution >= 0.6 is 39.1 Å². The van der Waals surface area contributed by atoms with E-state index in [1.165, 1.54) is 6.07 Å². The van der Waals surface area contributed by atoms with Crippen LogP contribution in [0.3, 0.4) is 0 Å². The van der Waals surface area contributed by atoms with Crippen molar-refractivity contribution >= 4 is 56.8 Å². The number of anilines is 1. The van der Waals surface area contributed by atoms with E-state index in [0.29, 0.717) is 4.47 Å². The summed E-state index contributed by atoms with van der Waals surface area (Å²) in [6.07, 6.45) is 0. The average molecular weight is 403 g/mol. The van der Waals surface area contributed by atoms with Crippen LogP contribution in [0.5, 0.6) is 0 Å². The Bertz CT molecular complexity index is 924. The van der Waals surface area contributed by atoms with Gasteiger partial charge in [-0.25, -0.2) is 0 Å². The number of rotatable bonds is 1. The minimum atomic E-state index is -0.661. The van der Waals surface area contributed by atoms with Crippen molar-refractivity contribution in [2.75, 3.05) is 5.73 Å². The largest absolute Gasteiger partial charge is 0.384 e. The van der Waals surface area contributed by atoms with Crippen LogP contribution in [-0.2, 0) is 0 Å². The molecule has 22 heavy (non-hydrogen) atoms. The van der Waals surface area contributed by atoms with Gasteiger partial charge in [-0.3, -0.25) is 24.3 Å². The van der Waals surface area contributed by atoms with Crippen molar-refractivity contribution < 1.29 is 9.59 Å². The first-order valence-electron chi connectivity index (χ1n) is 5.88. The Kier molecular flexibility index (Phi) is 3.51. The SMILES string of the molecule is Nc1c2c(cc(=O)n1-c1ccc(Br)c(Cl)c1Cl)C(=O)NC2=O. The molecule has 0 spiro atoms. The number of pyridine rings is 1. The second kappa shape index (κ2) is 5.12. The van der Waals surface area contributed by atoms with Gasteiger partial charge in [-0.1, -0.05) is 23.2 Å². The molecule has 2 heterocycles. The summed E-state index contributed by atoms with van der Waals surface area (Å²) in [4.78, 5) is 35.7. The summed E-state index contributed by atoms with van der Waals surface area (Å²) in [6, 6.07) is 4.16. The van der Waals surface area contributed by atoms with Crippen LogP contribution in [0, 0.1) is 0 Å². The molecule has 1 aliphatic rings. The van der Waals surface area contributed by atoms with Gasteiger partial charge in [0, 0.05) is 10.5 Å². The molecule has 9 heteroatoms. The number of hydrogen-bond donors (Lipinski definition) is 2. The zero-order valence-electron chi connectivity index (χ0n) is 10.6. The molecule has 3 N–H and O–H groups in total. The number of hydrogen-bond acceptors (Lipinski definition) is 4. The molecule has 1 aromatic heterocycles.